The van der Waals surface area contributed by atoms with Crippen LogP contribution < -0.4 is 5.32 Å². The fraction of sp³-hybridized carbons (Fsp3) is 0.480. The molecule has 3 atom stereocenters. The largest absolute Gasteiger partial charge is 0.468 e. The molecule has 0 saturated carbocycles. The highest BCUT2D eigenvalue weighted by molar-refractivity contribution is 6.12. The summed E-state index contributed by atoms with van der Waals surface area (Å²) in [5.74, 6) is -4.11. The molecule has 7 nitrogen and oxygen atoms in total. The Labute approximate surface area is 193 Å². The zero-order valence-electron chi connectivity index (χ0n) is 19.6. The number of benzene rings is 1. The predicted octanol–water partition coefficient (Wildman–Crippen LogP) is 3.41. The third-order valence-electron chi connectivity index (χ3n) is 5.93. The quantitative estimate of drug-likeness (QED) is 0.380. The third-order valence-corrected chi connectivity index (χ3v) is 5.93. The molecule has 0 fully saturated rings. The first-order valence-corrected chi connectivity index (χ1v) is 11.0. The van der Waals surface area contributed by atoms with Gasteiger partial charge in [0.25, 0.3) is 0 Å². The summed E-state index contributed by atoms with van der Waals surface area (Å²) < 4.78 is 29.4. The van der Waals surface area contributed by atoms with E-state index in [0.29, 0.717) is 29.0 Å². The lowest BCUT2D eigenvalue weighted by Gasteiger charge is -2.38. The summed E-state index contributed by atoms with van der Waals surface area (Å²) in [7, 11) is 1.24. The van der Waals surface area contributed by atoms with Crippen LogP contribution in [0, 0.1) is 17.7 Å². The summed E-state index contributed by atoms with van der Waals surface area (Å²) >= 11 is 0. The Hall–Kier alpha value is -3.00. The highest BCUT2D eigenvalue weighted by atomic mass is 19.1. The van der Waals surface area contributed by atoms with E-state index in [1.807, 2.05) is 20.8 Å². The molecule has 0 saturated heterocycles. The van der Waals surface area contributed by atoms with Gasteiger partial charge in [-0.1, -0.05) is 19.1 Å². The van der Waals surface area contributed by atoms with Crippen LogP contribution in [0.15, 0.2) is 46.8 Å². The van der Waals surface area contributed by atoms with Crippen LogP contribution >= 0.6 is 0 Å². The predicted molar refractivity (Wildman–Crippen MR) is 118 cm³/mol. The number of rotatable bonds is 7. The maximum absolute atomic E-state index is 13.7. The molecule has 3 unspecified atom stereocenters. The third kappa shape index (κ3) is 5.16. The van der Waals surface area contributed by atoms with E-state index in [2.05, 4.69) is 5.32 Å². The van der Waals surface area contributed by atoms with Crippen molar-refractivity contribution in [2.24, 2.45) is 11.8 Å². The number of carbonyl (C=O) groups is 3. The SMILES string of the molecule is COC(=O)C1C(=O)C2=C(CC1C)NC(C)=C(C(=O)OCCOC(C)C)C2c1ccc(F)cc1. The van der Waals surface area contributed by atoms with E-state index in [1.54, 1.807) is 6.92 Å². The molecule has 0 aromatic heterocycles. The fourth-order valence-corrected chi connectivity index (χ4v) is 4.44. The van der Waals surface area contributed by atoms with E-state index in [1.165, 1.54) is 31.4 Å². The van der Waals surface area contributed by atoms with Crippen LogP contribution in [0.3, 0.4) is 0 Å². The monoisotopic (exact) mass is 459 g/mol. The highest BCUT2D eigenvalue weighted by Crippen LogP contribution is 2.45. The Bertz CT molecular complexity index is 995. The number of dihydropyridines is 1. The molecule has 1 aliphatic carbocycles. The second kappa shape index (κ2) is 10.3. The molecule has 33 heavy (non-hydrogen) atoms. The van der Waals surface area contributed by atoms with E-state index in [9.17, 15) is 18.8 Å². The van der Waals surface area contributed by atoms with Gasteiger partial charge >= 0.3 is 11.9 Å². The molecule has 8 heteroatoms. The van der Waals surface area contributed by atoms with Gasteiger partial charge in [-0.3, -0.25) is 9.59 Å². The van der Waals surface area contributed by atoms with Crippen molar-refractivity contribution >= 4 is 17.7 Å². The first-order valence-electron chi connectivity index (χ1n) is 11.0. The Morgan fingerprint density at radius 2 is 1.85 bits per heavy atom. The molecule has 0 radical (unpaired) electrons. The molecule has 0 spiro atoms. The molecule has 178 valence electrons. The number of esters is 2. The molecular formula is C25H30FNO6. The van der Waals surface area contributed by atoms with E-state index in [0.717, 1.165) is 0 Å². The number of hydrogen-bond donors (Lipinski definition) is 1. The number of Topliss-reactive ketones (excluding diaryl/α,β-unsaturated/α-hetero) is 1. The molecule has 2 aliphatic rings. The molecule has 1 aromatic carbocycles. The number of hydrogen-bond acceptors (Lipinski definition) is 7. The van der Waals surface area contributed by atoms with E-state index in [4.69, 9.17) is 14.2 Å². The molecular weight excluding hydrogens is 429 g/mol. The fourth-order valence-electron chi connectivity index (χ4n) is 4.44. The maximum Gasteiger partial charge on any atom is 0.336 e. The Morgan fingerprint density at radius 1 is 1.18 bits per heavy atom. The molecule has 1 N–H and O–H groups in total. The zero-order valence-corrected chi connectivity index (χ0v) is 19.6. The number of methoxy groups -OCH3 is 1. The van der Waals surface area contributed by atoms with Crippen LogP contribution in [-0.2, 0) is 28.6 Å². The number of ketones is 1. The minimum Gasteiger partial charge on any atom is -0.468 e. The molecule has 0 bridgehead atoms. The van der Waals surface area contributed by atoms with Gasteiger partial charge in [-0.05, 0) is 50.8 Å². The first kappa shape index (κ1) is 24.6. The van der Waals surface area contributed by atoms with Gasteiger partial charge in [0, 0.05) is 22.9 Å². The lowest BCUT2D eigenvalue weighted by Crippen LogP contribution is -2.43. The van der Waals surface area contributed by atoms with Gasteiger partial charge in [0.2, 0.25) is 0 Å². The van der Waals surface area contributed by atoms with Crippen molar-refractivity contribution in [2.75, 3.05) is 20.3 Å². The second-order valence-corrected chi connectivity index (χ2v) is 8.64. The van der Waals surface area contributed by atoms with Gasteiger partial charge < -0.3 is 19.5 Å². The summed E-state index contributed by atoms with van der Waals surface area (Å²) in [4.78, 5) is 39.1. The topological polar surface area (TPSA) is 90.9 Å². The van der Waals surface area contributed by atoms with Crippen LogP contribution in [0.2, 0.25) is 0 Å². The normalized spacial score (nSPS) is 22.8. The van der Waals surface area contributed by atoms with Gasteiger partial charge in [0.15, 0.2) is 5.78 Å². The average molecular weight is 460 g/mol. The van der Waals surface area contributed by atoms with Crippen LogP contribution in [0.5, 0.6) is 0 Å². The van der Waals surface area contributed by atoms with Crippen molar-refractivity contribution in [3.05, 3.63) is 58.2 Å². The summed E-state index contributed by atoms with van der Waals surface area (Å²) in [6.07, 6.45) is 0.429. The summed E-state index contributed by atoms with van der Waals surface area (Å²) in [5, 5.41) is 3.19. The lowest BCUT2D eigenvalue weighted by atomic mass is 9.69. The Balaban J connectivity index is 2.02. The Kier molecular flexibility index (Phi) is 7.68. The maximum atomic E-state index is 13.7. The minimum atomic E-state index is -0.978. The molecule has 3 rings (SSSR count). The zero-order chi connectivity index (χ0) is 24.3. The van der Waals surface area contributed by atoms with Crippen molar-refractivity contribution in [1.82, 2.24) is 5.32 Å². The number of nitrogens with one attached hydrogen (secondary N) is 1. The van der Waals surface area contributed by atoms with Crippen molar-refractivity contribution in [2.45, 2.75) is 46.1 Å². The van der Waals surface area contributed by atoms with Crippen LogP contribution in [0.4, 0.5) is 4.39 Å². The van der Waals surface area contributed by atoms with Crippen LogP contribution in [-0.4, -0.2) is 44.1 Å². The molecule has 1 aromatic rings. The van der Waals surface area contributed by atoms with Crippen molar-refractivity contribution < 1.29 is 33.0 Å². The van der Waals surface area contributed by atoms with Gasteiger partial charge in [-0.25, -0.2) is 9.18 Å². The standard InChI is InChI=1S/C25H30FNO6/c1-13(2)32-10-11-33-25(30)20-15(4)27-18-12-14(3)19(24(29)31-5)23(28)22(18)21(20)16-6-8-17(26)9-7-16/h6-9,13-14,19,21,27H,10-12H2,1-5H3. The van der Waals surface area contributed by atoms with Gasteiger partial charge in [0.1, 0.15) is 18.3 Å². The molecule has 1 aliphatic heterocycles. The number of allylic oxidation sites excluding steroid dienone is 3. The summed E-state index contributed by atoms with van der Waals surface area (Å²) in [5.41, 5.74) is 2.32. The van der Waals surface area contributed by atoms with E-state index < -0.39 is 35.4 Å². The van der Waals surface area contributed by atoms with Crippen molar-refractivity contribution in [3.63, 3.8) is 0 Å². The van der Waals surface area contributed by atoms with Crippen molar-refractivity contribution in [1.29, 1.82) is 0 Å². The van der Waals surface area contributed by atoms with E-state index in [-0.39, 0.29) is 30.8 Å². The van der Waals surface area contributed by atoms with Crippen LogP contribution in [0.25, 0.3) is 0 Å². The lowest BCUT2D eigenvalue weighted by molar-refractivity contribution is -0.151. The number of halogens is 1. The Morgan fingerprint density at radius 3 is 2.45 bits per heavy atom. The molecule has 0 amide bonds. The minimum absolute atomic E-state index is 0.00205. The van der Waals surface area contributed by atoms with Gasteiger partial charge in [0.05, 0.1) is 25.4 Å². The average Bonchev–Trinajstić information content (AvgIpc) is 2.75. The number of carbonyl (C=O) groups excluding carboxylic acids is 3. The van der Waals surface area contributed by atoms with Crippen LogP contribution in [0.1, 0.15) is 45.6 Å². The second-order valence-electron chi connectivity index (χ2n) is 8.64. The summed E-state index contributed by atoms with van der Waals surface area (Å²) in [6.45, 7) is 7.60. The van der Waals surface area contributed by atoms with Gasteiger partial charge in [-0.15, -0.1) is 0 Å². The molecule has 1 heterocycles. The first-order chi connectivity index (χ1) is 15.6. The summed E-state index contributed by atoms with van der Waals surface area (Å²) in [6, 6.07) is 5.63. The van der Waals surface area contributed by atoms with E-state index >= 15 is 0 Å². The number of ether oxygens (including phenoxy) is 3. The van der Waals surface area contributed by atoms with Crippen molar-refractivity contribution in [3.8, 4) is 0 Å². The smallest absolute Gasteiger partial charge is 0.336 e. The highest BCUT2D eigenvalue weighted by Gasteiger charge is 2.47. The van der Waals surface area contributed by atoms with Gasteiger partial charge in [-0.2, -0.15) is 0 Å².